The first kappa shape index (κ1) is 22.7. The molecule has 0 radical (unpaired) electrons. The molecule has 0 unspecified atom stereocenters. The number of carbonyl (C=O) groups excluding carboxylic acids is 1. The number of carbonyl (C=O) groups is 1. The molecule has 0 fully saturated rings. The normalized spacial score (nSPS) is 16.2. The van der Waals surface area contributed by atoms with Crippen molar-refractivity contribution in [2.24, 2.45) is 4.99 Å². The van der Waals surface area contributed by atoms with Crippen LogP contribution < -0.4 is 4.74 Å². The molecular weight excluding hydrogens is 456 g/mol. The Bertz CT molecular complexity index is 1380. The number of fused-ring (bicyclic) bond motifs is 1. The fourth-order valence-corrected chi connectivity index (χ4v) is 4.94. The molecule has 1 aromatic heterocycles. The Morgan fingerprint density at radius 3 is 2.69 bits per heavy atom. The lowest BCUT2D eigenvalue weighted by atomic mass is 10.1. The molecule has 1 N–H and O–H groups in total. The van der Waals surface area contributed by atoms with Crippen molar-refractivity contribution in [2.45, 2.75) is 13.0 Å². The molecule has 6 nitrogen and oxygen atoms in total. The van der Waals surface area contributed by atoms with Crippen LogP contribution in [0.4, 0.5) is 0 Å². The first-order chi connectivity index (χ1) is 17.2. The number of hydrogen-bond acceptors (Lipinski definition) is 4. The third-order valence-electron chi connectivity index (χ3n) is 5.77. The van der Waals surface area contributed by atoms with E-state index in [0.717, 1.165) is 34.7 Å². The first-order valence-electron chi connectivity index (χ1n) is 11.3. The second-order valence-corrected chi connectivity index (χ2v) is 8.84. The van der Waals surface area contributed by atoms with Gasteiger partial charge in [-0.05, 0) is 41.8 Å². The van der Waals surface area contributed by atoms with Crippen molar-refractivity contribution in [1.82, 2.24) is 9.47 Å². The molecule has 3 aromatic rings. The van der Waals surface area contributed by atoms with Crippen molar-refractivity contribution in [1.29, 1.82) is 5.41 Å². The Hall–Kier alpha value is -4.10. The van der Waals surface area contributed by atoms with E-state index in [9.17, 15) is 4.79 Å². The van der Waals surface area contributed by atoms with Crippen molar-refractivity contribution in [3.05, 3.63) is 113 Å². The standard InChI is InChI=1S/C28H24N4O2S/c1-2-9-21-12-6-7-14-25(21)34-17-16-31-15-8-13-22(31)18-23-26(29)32-24(20-10-4-3-5-11-20)19-35-28(32)30-27(23)33/h2-8,10-15,18-19,29H,1,9,16-17H2/b23-18-,29-26?. The second-order valence-electron chi connectivity index (χ2n) is 8.00. The van der Waals surface area contributed by atoms with Crippen molar-refractivity contribution in [3.63, 3.8) is 0 Å². The number of aliphatic imine (C=N–C) groups is 1. The van der Waals surface area contributed by atoms with Gasteiger partial charge in [0.25, 0.3) is 5.91 Å². The minimum absolute atomic E-state index is 0.127. The van der Waals surface area contributed by atoms with Crippen molar-refractivity contribution < 1.29 is 9.53 Å². The summed E-state index contributed by atoms with van der Waals surface area (Å²) < 4.78 is 8.04. The number of thioether (sulfide) groups is 1. The van der Waals surface area contributed by atoms with Crippen LogP contribution in [0.5, 0.6) is 5.75 Å². The van der Waals surface area contributed by atoms with Crippen LogP contribution in [0.1, 0.15) is 16.8 Å². The summed E-state index contributed by atoms with van der Waals surface area (Å²) in [6, 6.07) is 21.6. The number of para-hydroxylation sites is 1. The topological polar surface area (TPSA) is 70.7 Å². The zero-order valence-corrected chi connectivity index (χ0v) is 19.9. The van der Waals surface area contributed by atoms with Crippen molar-refractivity contribution in [3.8, 4) is 5.75 Å². The average Bonchev–Trinajstić information content (AvgIpc) is 3.50. The lowest BCUT2D eigenvalue weighted by Crippen LogP contribution is -2.38. The van der Waals surface area contributed by atoms with E-state index >= 15 is 0 Å². The molecule has 7 heteroatoms. The smallest absolute Gasteiger partial charge is 0.283 e. The predicted octanol–water partition coefficient (Wildman–Crippen LogP) is 5.60. The lowest BCUT2D eigenvalue weighted by Gasteiger charge is -2.27. The fourth-order valence-electron chi connectivity index (χ4n) is 4.05. The van der Waals surface area contributed by atoms with Crippen LogP contribution in [0.15, 0.2) is 102 Å². The van der Waals surface area contributed by atoms with Gasteiger partial charge < -0.3 is 9.30 Å². The van der Waals surface area contributed by atoms with Gasteiger partial charge in [0, 0.05) is 17.3 Å². The van der Waals surface area contributed by atoms with Crippen molar-refractivity contribution >= 4 is 40.4 Å². The maximum absolute atomic E-state index is 12.8. The van der Waals surface area contributed by atoms with E-state index in [1.807, 2.05) is 89.0 Å². The highest BCUT2D eigenvalue weighted by Crippen LogP contribution is 2.37. The zero-order chi connectivity index (χ0) is 24.2. The van der Waals surface area contributed by atoms with Gasteiger partial charge in [-0.15, -0.1) is 6.58 Å². The molecule has 174 valence electrons. The minimum Gasteiger partial charge on any atom is -0.491 e. The first-order valence-corrected chi connectivity index (χ1v) is 12.2. The number of hydrogen-bond donors (Lipinski definition) is 1. The van der Waals surface area contributed by atoms with Crippen LogP contribution in [-0.4, -0.2) is 33.0 Å². The molecule has 1 amide bonds. The summed E-state index contributed by atoms with van der Waals surface area (Å²) in [7, 11) is 0. The third-order valence-corrected chi connectivity index (χ3v) is 6.59. The summed E-state index contributed by atoms with van der Waals surface area (Å²) in [5.74, 6) is 0.568. The summed E-state index contributed by atoms with van der Waals surface area (Å²) >= 11 is 1.36. The molecule has 5 rings (SSSR count). The summed E-state index contributed by atoms with van der Waals surface area (Å²) in [5, 5.41) is 11.3. The van der Waals surface area contributed by atoms with Gasteiger partial charge in [0.1, 0.15) is 18.2 Å². The Kier molecular flexibility index (Phi) is 6.50. The van der Waals surface area contributed by atoms with Gasteiger partial charge in [-0.3, -0.25) is 15.1 Å². The molecule has 3 heterocycles. The molecule has 35 heavy (non-hydrogen) atoms. The molecule has 0 saturated carbocycles. The third kappa shape index (κ3) is 4.63. The van der Waals surface area contributed by atoms with E-state index in [1.54, 1.807) is 11.0 Å². The average molecular weight is 481 g/mol. The van der Waals surface area contributed by atoms with E-state index in [0.29, 0.717) is 18.3 Å². The summed E-state index contributed by atoms with van der Waals surface area (Å²) in [5.41, 5.74) is 3.99. The van der Waals surface area contributed by atoms with Gasteiger partial charge in [-0.1, -0.05) is 66.4 Å². The van der Waals surface area contributed by atoms with Crippen LogP contribution in [0, 0.1) is 5.41 Å². The summed E-state index contributed by atoms with van der Waals surface area (Å²) in [6.45, 7) is 4.88. The second kappa shape index (κ2) is 10.0. The molecule has 2 aliphatic heterocycles. The molecule has 0 spiro atoms. The lowest BCUT2D eigenvalue weighted by molar-refractivity contribution is -0.114. The summed E-state index contributed by atoms with van der Waals surface area (Å²) in [4.78, 5) is 18.8. The van der Waals surface area contributed by atoms with Crippen LogP contribution in [0.3, 0.4) is 0 Å². The van der Waals surface area contributed by atoms with Crippen LogP contribution in [0.2, 0.25) is 0 Å². The molecular formula is C28H24N4O2S. The van der Waals surface area contributed by atoms with Crippen LogP contribution >= 0.6 is 11.8 Å². The Labute approximate surface area is 208 Å². The quantitative estimate of drug-likeness (QED) is 0.337. The molecule has 0 atom stereocenters. The number of amidine groups is 2. The van der Waals surface area contributed by atoms with E-state index in [4.69, 9.17) is 10.1 Å². The number of rotatable bonds is 8. The van der Waals surface area contributed by atoms with Gasteiger partial charge >= 0.3 is 0 Å². The van der Waals surface area contributed by atoms with Crippen molar-refractivity contribution in [2.75, 3.05) is 6.61 Å². The Balaban J connectivity index is 1.34. The highest BCUT2D eigenvalue weighted by atomic mass is 32.2. The zero-order valence-electron chi connectivity index (χ0n) is 19.1. The van der Waals surface area contributed by atoms with Crippen LogP contribution in [-0.2, 0) is 17.8 Å². The van der Waals surface area contributed by atoms with Gasteiger partial charge in [-0.25, -0.2) is 0 Å². The maximum Gasteiger partial charge on any atom is 0.283 e. The highest BCUT2D eigenvalue weighted by Gasteiger charge is 2.36. The molecule has 0 aliphatic carbocycles. The van der Waals surface area contributed by atoms with Crippen LogP contribution in [0.25, 0.3) is 11.8 Å². The maximum atomic E-state index is 12.8. The Morgan fingerprint density at radius 1 is 1.06 bits per heavy atom. The van der Waals surface area contributed by atoms with E-state index in [2.05, 4.69) is 11.6 Å². The number of allylic oxidation sites excluding steroid dienone is 1. The molecule has 2 aliphatic rings. The van der Waals surface area contributed by atoms with E-state index in [1.165, 1.54) is 11.8 Å². The predicted molar refractivity (Wildman–Crippen MR) is 142 cm³/mol. The SMILES string of the molecule is C=CCc1ccccc1OCCn1cccc1/C=C1/C(=N)N2C(c3ccccc3)=CSC2=NC1=O. The number of ether oxygens (including phenoxy) is 1. The van der Waals surface area contributed by atoms with E-state index < -0.39 is 5.91 Å². The number of amides is 1. The molecule has 0 saturated heterocycles. The minimum atomic E-state index is -0.404. The van der Waals surface area contributed by atoms with Gasteiger partial charge in [0.05, 0.1) is 17.8 Å². The van der Waals surface area contributed by atoms with Gasteiger partial charge in [0.2, 0.25) is 0 Å². The van der Waals surface area contributed by atoms with Gasteiger partial charge in [-0.2, -0.15) is 4.99 Å². The number of benzene rings is 2. The van der Waals surface area contributed by atoms with E-state index in [-0.39, 0.29) is 11.4 Å². The monoisotopic (exact) mass is 480 g/mol. The summed E-state index contributed by atoms with van der Waals surface area (Å²) in [6.07, 6.45) is 6.29. The number of aromatic nitrogens is 1. The molecule has 2 aromatic carbocycles. The fraction of sp³-hybridized carbons (Fsp3) is 0.107. The highest BCUT2D eigenvalue weighted by molar-refractivity contribution is 8.17. The Morgan fingerprint density at radius 2 is 1.86 bits per heavy atom. The number of nitrogens with one attached hydrogen (secondary N) is 1. The number of nitrogens with zero attached hydrogens (tertiary/aromatic N) is 3. The largest absolute Gasteiger partial charge is 0.491 e. The molecule has 0 bridgehead atoms. The van der Waals surface area contributed by atoms with Gasteiger partial charge in [0.15, 0.2) is 5.17 Å².